The standard InChI is InChI=1S/C11H9N3O2/c15-11(16)10-13-12-9-6-5-7-3-1-2-4-8(7)14(9)10/h1-4H,5-6H2,(H,15,16). The lowest BCUT2D eigenvalue weighted by molar-refractivity contribution is 0.0680. The van der Waals surface area contributed by atoms with Gasteiger partial charge in [-0.1, -0.05) is 18.2 Å². The summed E-state index contributed by atoms with van der Waals surface area (Å²) in [6.07, 6.45) is 1.62. The highest BCUT2D eigenvalue weighted by Gasteiger charge is 2.23. The molecule has 0 aliphatic carbocycles. The number of hydrogen-bond acceptors (Lipinski definition) is 3. The first-order chi connectivity index (χ1) is 7.77. The Bertz CT molecular complexity index is 574. The van der Waals surface area contributed by atoms with Gasteiger partial charge in [0.1, 0.15) is 5.82 Å². The van der Waals surface area contributed by atoms with Crippen molar-refractivity contribution in [2.45, 2.75) is 12.8 Å². The average molecular weight is 215 g/mol. The van der Waals surface area contributed by atoms with Gasteiger partial charge in [-0.05, 0) is 18.1 Å². The molecular weight excluding hydrogens is 206 g/mol. The lowest BCUT2D eigenvalue weighted by atomic mass is 10.0. The van der Waals surface area contributed by atoms with Gasteiger partial charge in [0.05, 0.1) is 5.69 Å². The van der Waals surface area contributed by atoms with E-state index >= 15 is 0 Å². The molecule has 0 saturated carbocycles. The highest BCUT2D eigenvalue weighted by atomic mass is 16.4. The van der Waals surface area contributed by atoms with Gasteiger partial charge in [0.15, 0.2) is 0 Å². The first-order valence-electron chi connectivity index (χ1n) is 5.03. The van der Waals surface area contributed by atoms with E-state index in [1.165, 1.54) is 0 Å². The van der Waals surface area contributed by atoms with Gasteiger partial charge in [0.2, 0.25) is 5.82 Å². The van der Waals surface area contributed by atoms with Crippen molar-refractivity contribution < 1.29 is 9.90 Å². The maximum atomic E-state index is 11.0. The van der Waals surface area contributed by atoms with E-state index in [1.54, 1.807) is 4.57 Å². The number of rotatable bonds is 1. The summed E-state index contributed by atoms with van der Waals surface area (Å²) in [5, 5.41) is 16.7. The first-order valence-corrected chi connectivity index (χ1v) is 5.03. The first kappa shape index (κ1) is 9.08. The Hall–Kier alpha value is -2.17. The van der Waals surface area contributed by atoms with E-state index in [0.717, 1.165) is 29.9 Å². The summed E-state index contributed by atoms with van der Waals surface area (Å²) in [6, 6.07) is 7.74. The van der Waals surface area contributed by atoms with E-state index in [-0.39, 0.29) is 5.82 Å². The third-order valence-corrected chi connectivity index (χ3v) is 2.77. The number of aryl methyl sites for hydroxylation is 2. The number of carboxylic acids is 1. The van der Waals surface area contributed by atoms with Crippen LogP contribution in [-0.4, -0.2) is 25.8 Å². The maximum Gasteiger partial charge on any atom is 0.374 e. The lowest BCUT2D eigenvalue weighted by Crippen LogP contribution is -2.16. The molecule has 0 unspecified atom stereocenters. The Labute approximate surface area is 91.4 Å². The monoisotopic (exact) mass is 215 g/mol. The van der Waals surface area contributed by atoms with Gasteiger partial charge in [-0.15, -0.1) is 10.2 Å². The summed E-state index contributed by atoms with van der Waals surface area (Å²) in [7, 11) is 0. The molecular formula is C11H9N3O2. The zero-order valence-corrected chi connectivity index (χ0v) is 8.42. The van der Waals surface area contributed by atoms with Gasteiger partial charge < -0.3 is 5.11 Å². The molecule has 2 heterocycles. The normalized spacial score (nSPS) is 13.0. The van der Waals surface area contributed by atoms with E-state index in [9.17, 15) is 4.79 Å². The summed E-state index contributed by atoms with van der Waals surface area (Å²) < 4.78 is 1.63. The number of aromatic carboxylic acids is 1. The van der Waals surface area contributed by atoms with Crippen LogP contribution in [0.1, 0.15) is 22.0 Å². The molecule has 1 aromatic heterocycles. The third kappa shape index (κ3) is 1.14. The molecule has 1 aliphatic heterocycles. The van der Waals surface area contributed by atoms with Crippen LogP contribution in [-0.2, 0) is 12.8 Å². The fourth-order valence-corrected chi connectivity index (χ4v) is 2.06. The number of fused-ring (bicyclic) bond motifs is 3. The molecule has 0 fully saturated rings. The Kier molecular flexibility index (Phi) is 1.80. The van der Waals surface area contributed by atoms with Crippen molar-refractivity contribution >= 4 is 5.97 Å². The third-order valence-electron chi connectivity index (χ3n) is 2.77. The quantitative estimate of drug-likeness (QED) is 0.772. The van der Waals surface area contributed by atoms with Crippen molar-refractivity contribution in [2.24, 2.45) is 0 Å². The van der Waals surface area contributed by atoms with Crippen molar-refractivity contribution in [3.63, 3.8) is 0 Å². The summed E-state index contributed by atoms with van der Waals surface area (Å²) >= 11 is 0. The van der Waals surface area contributed by atoms with Crippen LogP contribution in [0.5, 0.6) is 0 Å². The van der Waals surface area contributed by atoms with E-state index < -0.39 is 5.97 Å². The van der Waals surface area contributed by atoms with E-state index in [1.807, 2.05) is 24.3 Å². The average Bonchev–Trinajstić information content (AvgIpc) is 2.73. The Balaban J connectivity index is 2.29. The number of carboxylic acid groups (broad SMARTS) is 1. The van der Waals surface area contributed by atoms with Crippen molar-refractivity contribution in [1.29, 1.82) is 0 Å². The fourth-order valence-electron chi connectivity index (χ4n) is 2.06. The number of carbonyl (C=O) groups is 1. The molecule has 0 bridgehead atoms. The number of hydrogen-bond donors (Lipinski definition) is 1. The van der Waals surface area contributed by atoms with E-state index in [4.69, 9.17) is 5.11 Å². The van der Waals surface area contributed by atoms with Crippen molar-refractivity contribution in [3.8, 4) is 5.69 Å². The Morgan fingerprint density at radius 1 is 1.25 bits per heavy atom. The highest BCUT2D eigenvalue weighted by Crippen LogP contribution is 2.24. The topological polar surface area (TPSA) is 68.0 Å². The maximum absolute atomic E-state index is 11.0. The molecule has 16 heavy (non-hydrogen) atoms. The van der Waals surface area contributed by atoms with Crippen LogP contribution >= 0.6 is 0 Å². The molecule has 0 radical (unpaired) electrons. The molecule has 2 aromatic rings. The number of nitrogens with zero attached hydrogens (tertiary/aromatic N) is 3. The predicted octanol–water partition coefficient (Wildman–Crippen LogP) is 1.06. The van der Waals surface area contributed by atoms with E-state index in [2.05, 4.69) is 10.2 Å². The SMILES string of the molecule is O=C(O)c1nnc2n1-c1ccccc1CC2. The van der Waals surface area contributed by atoms with Crippen LogP contribution in [0.25, 0.3) is 5.69 Å². The van der Waals surface area contributed by atoms with Crippen LogP contribution in [0.2, 0.25) is 0 Å². The van der Waals surface area contributed by atoms with Crippen molar-refractivity contribution in [3.05, 3.63) is 41.5 Å². The van der Waals surface area contributed by atoms with Gasteiger partial charge in [-0.3, -0.25) is 4.57 Å². The highest BCUT2D eigenvalue weighted by molar-refractivity contribution is 5.84. The number of aromatic nitrogens is 3. The summed E-state index contributed by atoms with van der Waals surface area (Å²) in [4.78, 5) is 11.0. The second-order valence-electron chi connectivity index (χ2n) is 3.71. The zero-order chi connectivity index (χ0) is 11.1. The molecule has 80 valence electrons. The molecule has 1 aromatic carbocycles. The number of para-hydroxylation sites is 1. The Morgan fingerprint density at radius 2 is 2.06 bits per heavy atom. The summed E-state index contributed by atoms with van der Waals surface area (Å²) in [5.41, 5.74) is 2.02. The summed E-state index contributed by atoms with van der Waals surface area (Å²) in [5.74, 6) is -0.339. The molecule has 1 N–H and O–H groups in total. The minimum Gasteiger partial charge on any atom is -0.475 e. The molecule has 3 rings (SSSR count). The lowest BCUT2D eigenvalue weighted by Gasteiger charge is -2.17. The molecule has 0 amide bonds. The minimum absolute atomic E-state index is 0.0119. The Morgan fingerprint density at radius 3 is 2.88 bits per heavy atom. The molecule has 0 saturated heterocycles. The van der Waals surface area contributed by atoms with Crippen LogP contribution in [0.15, 0.2) is 24.3 Å². The zero-order valence-electron chi connectivity index (χ0n) is 8.42. The second-order valence-corrected chi connectivity index (χ2v) is 3.71. The minimum atomic E-state index is -1.05. The van der Waals surface area contributed by atoms with Gasteiger partial charge in [-0.2, -0.15) is 0 Å². The molecule has 0 atom stereocenters. The molecule has 1 aliphatic rings. The van der Waals surface area contributed by atoms with E-state index in [0.29, 0.717) is 0 Å². The van der Waals surface area contributed by atoms with Crippen LogP contribution in [0.4, 0.5) is 0 Å². The smallest absolute Gasteiger partial charge is 0.374 e. The second kappa shape index (κ2) is 3.16. The predicted molar refractivity (Wildman–Crippen MR) is 55.7 cm³/mol. The van der Waals surface area contributed by atoms with Crippen molar-refractivity contribution in [1.82, 2.24) is 14.8 Å². The number of benzene rings is 1. The largest absolute Gasteiger partial charge is 0.475 e. The fraction of sp³-hybridized carbons (Fsp3) is 0.182. The van der Waals surface area contributed by atoms with Gasteiger partial charge in [0, 0.05) is 6.42 Å². The summed E-state index contributed by atoms with van der Waals surface area (Å²) in [6.45, 7) is 0. The van der Waals surface area contributed by atoms with Crippen LogP contribution in [0.3, 0.4) is 0 Å². The molecule has 5 heteroatoms. The molecule has 5 nitrogen and oxygen atoms in total. The molecule has 0 spiro atoms. The van der Waals surface area contributed by atoms with Gasteiger partial charge in [-0.25, -0.2) is 4.79 Å². The van der Waals surface area contributed by atoms with Gasteiger partial charge in [0.25, 0.3) is 0 Å². The van der Waals surface area contributed by atoms with Gasteiger partial charge >= 0.3 is 5.97 Å². The van der Waals surface area contributed by atoms with Crippen LogP contribution in [0, 0.1) is 0 Å². The van der Waals surface area contributed by atoms with Crippen LogP contribution < -0.4 is 0 Å². The van der Waals surface area contributed by atoms with Crippen molar-refractivity contribution in [2.75, 3.05) is 0 Å².